The minimum absolute atomic E-state index is 0. The number of esters is 1. The van der Waals surface area contributed by atoms with E-state index in [9.17, 15) is 4.79 Å². The number of hydrogen-bond donors (Lipinski definition) is 1. The molecule has 0 fully saturated rings. The van der Waals surface area contributed by atoms with Crippen molar-refractivity contribution in [1.82, 2.24) is 0 Å². The molecule has 15 heavy (non-hydrogen) atoms. The predicted molar refractivity (Wildman–Crippen MR) is 63.6 cm³/mol. The minimum atomic E-state index is -0.348. The molecule has 0 aliphatic carbocycles. The smallest absolute Gasteiger partial charge is 0.338 e. The van der Waals surface area contributed by atoms with Crippen LogP contribution in [0.5, 0.6) is 0 Å². The van der Waals surface area contributed by atoms with Crippen LogP contribution in [0.2, 0.25) is 0 Å². The summed E-state index contributed by atoms with van der Waals surface area (Å²) < 4.78 is 4.84. The van der Waals surface area contributed by atoms with Gasteiger partial charge in [-0.15, -0.1) is 24.0 Å². The quantitative estimate of drug-likeness (QED) is 0.509. The van der Waals surface area contributed by atoms with Gasteiger partial charge in [-0.1, -0.05) is 0 Å². The molecular formula is C10H13Cl2NO2. The zero-order valence-electron chi connectivity index (χ0n) is 8.33. The van der Waals surface area contributed by atoms with E-state index in [1.807, 2.05) is 0 Å². The maximum absolute atomic E-state index is 11.3. The Morgan fingerprint density at radius 2 is 2.20 bits per heavy atom. The number of nitrogen functional groups attached to an aromatic ring is 1. The molecule has 0 heterocycles. The monoisotopic (exact) mass is 249 g/mol. The lowest BCUT2D eigenvalue weighted by atomic mass is 10.1. The number of rotatable bonds is 3. The predicted octanol–water partition coefficient (Wildman–Crippen LogP) is 2.61. The molecule has 0 spiro atoms. The number of carbonyl (C=O) groups excluding carboxylic acids is 1. The third kappa shape index (κ3) is 3.61. The molecule has 84 valence electrons. The van der Waals surface area contributed by atoms with Crippen LogP contribution in [-0.2, 0) is 10.6 Å². The molecule has 0 aromatic heterocycles. The number of ether oxygens (including phenoxy) is 1. The van der Waals surface area contributed by atoms with Gasteiger partial charge >= 0.3 is 5.97 Å². The first-order valence-electron chi connectivity index (χ1n) is 4.30. The van der Waals surface area contributed by atoms with Gasteiger partial charge in [-0.3, -0.25) is 0 Å². The third-order valence-electron chi connectivity index (χ3n) is 1.80. The standard InChI is InChI=1S/C10H12ClNO2.ClH/c1-2-14-10(13)7-3-4-9(12)8(5-7)6-11;/h3-5H,2,6,12H2,1H3;1H. The highest BCUT2D eigenvalue weighted by Crippen LogP contribution is 2.16. The molecule has 0 bridgehead atoms. The fourth-order valence-electron chi connectivity index (χ4n) is 1.06. The van der Waals surface area contributed by atoms with Crippen molar-refractivity contribution >= 4 is 35.7 Å². The van der Waals surface area contributed by atoms with Crippen molar-refractivity contribution in [2.45, 2.75) is 12.8 Å². The van der Waals surface area contributed by atoms with E-state index in [4.69, 9.17) is 22.1 Å². The van der Waals surface area contributed by atoms with Gasteiger partial charge in [0, 0.05) is 11.6 Å². The summed E-state index contributed by atoms with van der Waals surface area (Å²) in [5, 5.41) is 0. The third-order valence-corrected chi connectivity index (χ3v) is 2.09. The fourth-order valence-corrected chi connectivity index (χ4v) is 1.29. The molecule has 0 saturated heterocycles. The second-order valence-corrected chi connectivity index (χ2v) is 3.03. The Morgan fingerprint density at radius 3 is 2.73 bits per heavy atom. The summed E-state index contributed by atoms with van der Waals surface area (Å²) in [6.07, 6.45) is 0. The number of hydrogen-bond acceptors (Lipinski definition) is 3. The Balaban J connectivity index is 0.00000196. The molecule has 0 atom stereocenters. The molecule has 0 unspecified atom stereocenters. The van der Waals surface area contributed by atoms with Crippen molar-refractivity contribution in [2.75, 3.05) is 12.3 Å². The first kappa shape index (κ1) is 14.1. The van der Waals surface area contributed by atoms with Crippen molar-refractivity contribution in [3.63, 3.8) is 0 Å². The van der Waals surface area contributed by atoms with Gasteiger partial charge in [-0.25, -0.2) is 4.79 Å². The van der Waals surface area contributed by atoms with E-state index < -0.39 is 0 Å². The molecule has 5 heteroatoms. The first-order valence-corrected chi connectivity index (χ1v) is 4.84. The zero-order chi connectivity index (χ0) is 10.6. The van der Waals surface area contributed by atoms with Gasteiger partial charge in [0.15, 0.2) is 0 Å². The van der Waals surface area contributed by atoms with Crippen LogP contribution >= 0.6 is 24.0 Å². The van der Waals surface area contributed by atoms with Crippen molar-refractivity contribution in [3.8, 4) is 0 Å². The number of carbonyl (C=O) groups is 1. The Morgan fingerprint density at radius 1 is 1.53 bits per heavy atom. The molecule has 1 aromatic rings. The summed E-state index contributed by atoms with van der Waals surface area (Å²) in [5.74, 6) is -0.0575. The van der Waals surface area contributed by atoms with Crippen LogP contribution in [0.1, 0.15) is 22.8 Å². The normalized spacial score (nSPS) is 9.20. The van der Waals surface area contributed by atoms with E-state index in [-0.39, 0.29) is 18.4 Å². The van der Waals surface area contributed by atoms with E-state index in [0.29, 0.717) is 23.7 Å². The van der Waals surface area contributed by atoms with Crippen LogP contribution in [0.25, 0.3) is 0 Å². The lowest BCUT2D eigenvalue weighted by Crippen LogP contribution is -2.05. The van der Waals surface area contributed by atoms with Gasteiger partial charge in [0.25, 0.3) is 0 Å². The van der Waals surface area contributed by atoms with Crippen LogP contribution < -0.4 is 5.73 Å². The van der Waals surface area contributed by atoms with E-state index in [1.165, 1.54) is 0 Å². The first-order chi connectivity index (χ1) is 6.69. The number of nitrogens with two attached hydrogens (primary N) is 1. The molecule has 3 nitrogen and oxygen atoms in total. The van der Waals surface area contributed by atoms with Gasteiger partial charge in [-0.05, 0) is 30.7 Å². The highest BCUT2D eigenvalue weighted by atomic mass is 35.5. The molecule has 0 radical (unpaired) electrons. The van der Waals surface area contributed by atoms with Crippen LogP contribution in [-0.4, -0.2) is 12.6 Å². The van der Waals surface area contributed by atoms with Crippen molar-refractivity contribution in [3.05, 3.63) is 29.3 Å². The van der Waals surface area contributed by atoms with Crippen LogP contribution in [0.4, 0.5) is 5.69 Å². The van der Waals surface area contributed by atoms with Crippen molar-refractivity contribution < 1.29 is 9.53 Å². The van der Waals surface area contributed by atoms with Crippen LogP contribution in [0.15, 0.2) is 18.2 Å². The molecular weight excluding hydrogens is 237 g/mol. The average Bonchev–Trinajstić information content (AvgIpc) is 2.19. The molecule has 0 aliphatic heterocycles. The molecule has 0 aliphatic rings. The van der Waals surface area contributed by atoms with Gasteiger partial charge in [0.1, 0.15) is 0 Å². The lowest BCUT2D eigenvalue weighted by molar-refractivity contribution is 0.0526. The summed E-state index contributed by atoms with van der Waals surface area (Å²) in [5.41, 5.74) is 7.46. The number of anilines is 1. The van der Waals surface area contributed by atoms with Crippen LogP contribution in [0.3, 0.4) is 0 Å². The van der Waals surface area contributed by atoms with Crippen molar-refractivity contribution in [2.24, 2.45) is 0 Å². The molecule has 1 aromatic carbocycles. The summed E-state index contributed by atoms with van der Waals surface area (Å²) in [6.45, 7) is 2.12. The Labute approximate surface area is 100.0 Å². The minimum Gasteiger partial charge on any atom is -0.462 e. The molecule has 2 N–H and O–H groups in total. The maximum Gasteiger partial charge on any atom is 0.338 e. The zero-order valence-corrected chi connectivity index (χ0v) is 9.90. The SMILES string of the molecule is CCOC(=O)c1ccc(N)c(CCl)c1.Cl. The van der Waals surface area contributed by atoms with E-state index in [0.717, 1.165) is 5.56 Å². The summed E-state index contributed by atoms with van der Waals surface area (Å²) >= 11 is 5.65. The topological polar surface area (TPSA) is 52.3 Å². The van der Waals surface area contributed by atoms with Gasteiger partial charge in [-0.2, -0.15) is 0 Å². The number of alkyl halides is 1. The Hall–Kier alpha value is -0.930. The summed E-state index contributed by atoms with van der Waals surface area (Å²) in [4.78, 5) is 11.3. The largest absolute Gasteiger partial charge is 0.462 e. The Kier molecular flexibility index (Phi) is 6.13. The van der Waals surface area contributed by atoms with Gasteiger partial charge in [0.2, 0.25) is 0 Å². The highest BCUT2D eigenvalue weighted by molar-refractivity contribution is 6.17. The van der Waals surface area contributed by atoms with Gasteiger partial charge < -0.3 is 10.5 Å². The lowest BCUT2D eigenvalue weighted by Gasteiger charge is -2.05. The molecule has 0 saturated carbocycles. The Bertz CT molecular complexity index is 342. The highest BCUT2D eigenvalue weighted by Gasteiger charge is 2.08. The second-order valence-electron chi connectivity index (χ2n) is 2.77. The van der Waals surface area contributed by atoms with Crippen molar-refractivity contribution in [1.29, 1.82) is 0 Å². The maximum atomic E-state index is 11.3. The molecule has 1 rings (SSSR count). The van der Waals surface area contributed by atoms with E-state index in [1.54, 1.807) is 25.1 Å². The van der Waals surface area contributed by atoms with Crippen LogP contribution in [0, 0.1) is 0 Å². The number of halogens is 2. The van der Waals surface area contributed by atoms with E-state index in [2.05, 4.69) is 0 Å². The molecule has 0 amide bonds. The second kappa shape index (κ2) is 6.53. The fraction of sp³-hybridized carbons (Fsp3) is 0.300. The summed E-state index contributed by atoms with van der Waals surface area (Å²) in [7, 11) is 0. The number of benzene rings is 1. The van der Waals surface area contributed by atoms with E-state index >= 15 is 0 Å². The van der Waals surface area contributed by atoms with Gasteiger partial charge in [0.05, 0.1) is 12.2 Å². The summed E-state index contributed by atoms with van der Waals surface area (Å²) in [6, 6.07) is 4.94. The average molecular weight is 250 g/mol.